The average Bonchev–Trinajstić information content (AvgIpc) is 3.60. The Labute approximate surface area is 327 Å². The summed E-state index contributed by atoms with van der Waals surface area (Å²) in [6.07, 6.45) is 5.63. The van der Waals surface area contributed by atoms with Crippen molar-refractivity contribution in [1.29, 1.82) is 0 Å². The van der Waals surface area contributed by atoms with E-state index in [0.29, 0.717) is 23.2 Å². The van der Waals surface area contributed by atoms with Crippen LogP contribution in [-0.2, 0) is 33.4 Å². The van der Waals surface area contributed by atoms with Gasteiger partial charge in [0.2, 0.25) is 11.8 Å². The largest absolute Gasteiger partial charge is 0.455 e. The van der Waals surface area contributed by atoms with Gasteiger partial charge in [-0.1, -0.05) is 85.0 Å². The van der Waals surface area contributed by atoms with Crippen LogP contribution in [0.3, 0.4) is 0 Å². The molecule has 0 radical (unpaired) electrons. The third kappa shape index (κ3) is 7.13. The number of anilines is 2. The first kappa shape index (κ1) is 39.0. The molecule has 0 saturated carbocycles. The van der Waals surface area contributed by atoms with E-state index in [1.165, 1.54) is 12.0 Å². The van der Waals surface area contributed by atoms with E-state index in [-0.39, 0.29) is 25.5 Å². The zero-order valence-corrected chi connectivity index (χ0v) is 32.0. The minimum Gasteiger partial charge on any atom is -0.455 e. The smallest absolute Gasteiger partial charge is 0.313 e. The van der Waals surface area contributed by atoms with Crippen molar-refractivity contribution >= 4 is 35.1 Å². The fraction of sp³-hybridized carbons (Fsp3) is 0.409. The van der Waals surface area contributed by atoms with Crippen molar-refractivity contribution in [1.82, 2.24) is 10.2 Å². The van der Waals surface area contributed by atoms with Crippen LogP contribution >= 0.6 is 0 Å². The molecule has 56 heavy (non-hydrogen) atoms. The summed E-state index contributed by atoms with van der Waals surface area (Å²) in [5.41, 5.74) is 1.32. The van der Waals surface area contributed by atoms with E-state index >= 15 is 9.59 Å². The molecule has 0 unspecified atom stereocenters. The highest BCUT2D eigenvalue weighted by molar-refractivity contribution is 6.05. The number of carbonyl (C=O) groups is 4. The molecule has 4 aliphatic rings. The number of methoxy groups -OCH3 is 1. The van der Waals surface area contributed by atoms with E-state index in [1.54, 1.807) is 35.3 Å². The van der Waals surface area contributed by atoms with E-state index in [9.17, 15) is 14.7 Å². The van der Waals surface area contributed by atoms with Gasteiger partial charge in [-0.25, -0.2) is 0 Å². The SMILES string of the molecule is CCN(CC)c1ccc(N2CC=C[C@@]34O[C@H]5/C=C\CCC(=O)N[C@@H](COC)[C@H](c6ccccc6)OC(=O)[C@H]5[C@@H]3C(=O)N([C@H](CO)c3ccccc3)[C@H]4C2=O)cc1. The molecule has 7 rings (SSSR count). The number of aliphatic hydroxyl groups excluding tert-OH is 1. The maximum Gasteiger partial charge on any atom is 0.313 e. The van der Waals surface area contributed by atoms with Crippen molar-refractivity contribution in [3.05, 3.63) is 120 Å². The van der Waals surface area contributed by atoms with Crippen LogP contribution in [-0.4, -0.2) is 97.4 Å². The summed E-state index contributed by atoms with van der Waals surface area (Å²) in [4.78, 5) is 63.7. The number of hydrogen-bond acceptors (Lipinski definition) is 9. The van der Waals surface area contributed by atoms with Gasteiger partial charge in [-0.2, -0.15) is 0 Å². The van der Waals surface area contributed by atoms with Gasteiger partial charge in [-0.3, -0.25) is 19.2 Å². The molecule has 2 fully saturated rings. The van der Waals surface area contributed by atoms with Gasteiger partial charge < -0.3 is 39.3 Å². The van der Waals surface area contributed by atoms with E-state index in [4.69, 9.17) is 14.2 Å². The lowest BCUT2D eigenvalue weighted by Crippen LogP contribution is -2.56. The number of cyclic esters (lactones) is 1. The molecule has 3 amide bonds. The molecule has 4 heterocycles. The number of benzene rings is 3. The molecule has 0 aromatic heterocycles. The van der Waals surface area contributed by atoms with E-state index in [0.717, 1.165) is 18.8 Å². The molecule has 0 aliphatic carbocycles. The maximum atomic E-state index is 15.3. The maximum absolute atomic E-state index is 15.3. The summed E-state index contributed by atoms with van der Waals surface area (Å²) >= 11 is 0. The summed E-state index contributed by atoms with van der Waals surface area (Å²) in [7, 11) is 1.51. The van der Waals surface area contributed by atoms with Crippen LogP contribution in [0.15, 0.2) is 109 Å². The Hall–Kier alpha value is -5.30. The number of likely N-dealkylation sites (tertiary alicyclic amines) is 1. The van der Waals surface area contributed by atoms with Gasteiger partial charge in [0, 0.05) is 44.5 Å². The van der Waals surface area contributed by atoms with Crippen LogP contribution in [0.25, 0.3) is 0 Å². The van der Waals surface area contributed by atoms with Crippen LogP contribution in [0.4, 0.5) is 11.4 Å². The molecule has 0 bridgehead atoms. The molecule has 12 nitrogen and oxygen atoms in total. The highest BCUT2D eigenvalue weighted by atomic mass is 16.6. The Balaban J connectivity index is 1.34. The number of nitrogens with one attached hydrogen (secondary N) is 1. The molecular weight excluding hydrogens is 713 g/mol. The summed E-state index contributed by atoms with van der Waals surface area (Å²) in [6, 6.07) is 23.0. The second kappa shape index (κ2) is 16.8. The van der Waals surface area contributed by atoms with Gasteiger partial charge in [-0.05, 0) is 55.7 Å². The highest BCUT2D eigenvalue weighted by Crippen LogP contribution is 2.55. The number of ether oxygens (including phenoxy) is 3. The zero-order chi connectivity index (χ0) is 39.4. The van der Waals surface area contributed by atoms with Crippen molar-refractivity contribution in [2.24, 2.45) is 11.8 Å². The average molecular weight is 763 g/mol. The lowest BCUT2D eigenvalue weighted by molar-refractivity contribution is -0.162. The molecule has 1 spiro atoms. The van der Waals surface area contributed by atoms with Crippen molar-refractivity contribution in [3.8, 4) is 0 Å². The topological polar surface area (TPSA) is 138 Å². The Morgan fingerprint density at radius 3 is 2.29 bits per heavy atom. The summed E-state index contributed by atoms with van der Waals surface area (Å²) in [5.74, 6) is -4.22. The van der Waals surface area contributed by atoms with Gasteiger partial charge in [0.25, 0.3) is 5.91 Å². The molecular formula is C44H50N4O8. The quantitative estimate of drug-likeness (QED) is 0.226. The number of nitrogens with zero attached hydrogens (tertiary/aromatic N) is 3. The number of fused-ring (bicyclic) bond motifs is 2. The number of allylic oxidation sites excluding steroid dienone is 1. The number of carbonyl (C=O) groups excluding carboxylic acids is 4. The van der Waals surface area contributed by atoms with Gasteiger partial charge in [0.1, 0.15) is 23.7 Å². The summed E-state index contributed by atoms with van der Waals surface area (Å²) in [5, 5.41) is 14.0. The Bertz CT molecular complexity index is 1930. The highest BCUT2D eigenvalue weighted by Gasteiger charge is 2.72. The fourth-order valence-electron chi connectivity index (χ4n) is 8.86. The second-order valence-electron chi connectivity index (χ2n) is 14.6. The molecule has 8 atom stereocenters. The molecule has 3 aromatic rings. The van der Waals surface area contributed by atoms with Crippen LogP contribution in [0, 0.1) is 11.8 Å². The Morgan fingerprint density at radius 1 is 0.929 bits per heavy atom. The predicted molar refractivity (Wildman–Crippen MR) is 210 cm³/mol. The Kier molecular flexibility index (Phi) is 11.7. The van der Waals surface area contributed by atoms with Crippen LogP contribution < -0.4 is 15.1 Å². The third-order valence-corrected chi connectivity index (χ3v) is 11.5. The first-order valence-electron chi connectivity index (χ1n) is 19.5. The van der Waals surface area contributed by atoms with E-state index in [2.05, 4.69) is 24.1 Å². The van der Waals surface area contributed by atoms with Crippen molar-refractivity contribution < 1.29 is 38.5 Å². The minimum absolute atomic E-state index is 0.0550. The fourth-order valence-corrected chi connectivity index (χ4v) is 8.86. The van der Waals surface area contributed by atoms with Crippen LogP contribution in [0.5, 0.6) is 0 Å². The number of rotatable bonds is 10. The summed E-state index contributed by atoms with van der Waals surface area (Å²) in [6.45, 7) is 5.60. The lowest BCUT2D eigenvalue weighted by atomic mass is 9.77. The molecule has 12 heteroatoms. The second-order valence-corrected chi connectivity index (χ2v) is 14.6. The molecule has 294 valence electrons. The van der Waals surface area contributed by atoms with E-state index < -0.39 is 72.2 Å². The van der Waals surface area contributed by atoms with Crippen molar-refractivity contribution in [2.45, 2.75) is 62.6 Å². The van der Waals surface area contributed by atoms with Gasteiger partial charge in [0.05, 0.1) is 37.3 Å². The first-order valence-corrected chi connectivity index (χ1v) is 19.5. The predicted octanol–water partition coefficient (Wildman–Crippen LogP) is 4.52. The van der Waals surface area contributed by atoms with Gasteiger partial charge in [-0.15, -0.1) is 0 Å². The number of esters is 1. The van der Waals surface area contributed by atoms with Crippen molar-refractivity contribution in [3.63, 3.8) is 0 Å². The van der Waals surface area contributed by atoms with Gasteiger partial charge in [0.15, 0.2) is 0 Å². The zero-order valence-electron chi connectivity index (χ0n) is 32.0. The molecule has 3 aromatic carbocycles. The lowest BCUT2D eigenvalue weighted by Gasteiger charge is -2.38. The monoisotopic (exact) mass is 762 g/mol. The number of amides is 3. The molecule has 4 aliphatic heterocycles. The molecule has 2 saturated heterocycles. The first-order chi connectivity index (χ1) is 27.3. The van der Waals surface area contributed by atoms with Crippen LogP contribution in [0.1, 0.15) is 50.0 Å². The van der Waals surface area contributed by atoms with Crippen molar-refractivity contribution in [2.75, 3.05) is 49.8 Å². The minimum atomic E-state index is -1.60. The number of aliphatic hydroxyl groups is 1. The third-order valence-electron chi connectivity index (χ3n) is 11.5. The van der Waals surface area contributed by atoms with E-state index in [1.807, 2.05) is 78.9 Å². The van der Waals surface area contributed by atoms with Crippen LogP contribution in [0.2, 0.25) is 0 Å². The normalized spacial score (nSPS) is 28.9. The molecule has 2 N–H and O–H groups in total. The number of hydrogen-bond donors (Lipinski definition) is 2. The van der Waals surface area contributed by atoms with Gasteiger partial charge >= 0.3 is 5.97 Å². The standard InChI is InChI=1S/C44H50N4O8/c1-4-46(5-2)31-21-23-32(24-22-31)47-26-14-25-44-38(41(51)48(40(44)42(47)52)34(27-49)29-15-8-6-9-16-29)37-35(56-44)19-12-13-20-36(50)45-33(28-54-3)39(55-43(37)53)30-17-10-7-11-18-30/h6-12,14-19,21-25,33-35,37-40,49H,4-5,13,20,26-28H2,1-3H3,(H,45,50)/b19-12-/t33-,34+,35-,37+,38+,39-,40-,44+/m0/s1. The Morgan fingerprint density at radius 2 is 1.62 bits per heavy atom. The summed E-state index contributed by atoms with van der Waals surface area (Å²) < 4.78 is 18.8.